The van der Waals surface area contributed by atoms with Gasteiger partial charge in [-0.1, -0.05) is 12.1 Å². The van der Waals surface area contributed by atoms with Gasteiger partial charge < -0.3 is 5.21 Å². The van der Waals surface area contributed by atoms with E-state index in [-0.39, 0.29) is 15.9 Å². The summed E-state index contributed by atoms with van der Waals surface area (Å²) in [5, 5.41) is 13.4. The van der Waals surface area contributed by atoms with Crippen LogP contribution in [-0.2, 0) is 10.1 Å². The van der Waals surface area contributed by atoms with Crippen molar-refractivity contribution >= 4 is 21.2 Å². The zero-order valence-corrected chi connectivity index (χ0v) is 8.05. The van der Waals surface area contributed by atoms with Gasteiger partial charge in [0.15, 0.2) is 0 Å². The number of aromatic nitrogens is 3. The van der Waals surface area contributed by atoms with Crippen molar-refractivity contribution in [1.29, 1.82) is 0 Å². The maximum Gasteiger partial charge on any atom is 0.341 e. The lowest BCUT2D eigenvalue weighted by Crippen LogP contribution is -2.34. The van der Waals surface area contributed by atoms with Crippen LogP contribution in [-0.4, -0.2) is 23.1 Å². The minimum atomic E-state index is -4.56. The van der Waals surface area contributed by atoms with Crippen LogP contribution in [0, 0.1) is 5.21 Å². The minimum absolute atomic E-state index is 0.103. The lowest BCUT2D eigenvalue weighted by atomic mass is 10.3. The van der Waals surface area contributed by atoms with E-state index < -0.39 is 15.3 Å². The first-order valence-corrected chi connectivity index (χ1v) is 5.26. The molecule has 0 aliphatic heterocycles. The molecule has 2 rings (SSSR count). The Kier molecular flexibility index (Phi) is 2.02. The molecule has 0 saturated carbocycles. The molecular weight excluding hydrogens is 222 g/mol. The Morgan fingerprint density at radius 1 is 1.33 bits per heavy atom. The number of rotatable bonds is 1. The number of hydrogen-bond donors (Lipinski definition) is 1. The summed E-state index contributed by atoms with van der Waals surface area (Å²) in [6.07, 6.45) is 0. The Labute approximate surface area is 84.3 Å². The number of hydrogen-bond acceptors (Lipinski definition) is 5. The van der Waals surface area contributed by atoms with E-state index in [9.17, 15) is 13.6 Å². The second kappa shape index (κ2) is 3.11. The zero-order chi connectivity index (χ0) is 11.1. The van der Waals surface area contributed by atoms with Gasteiger partial charge in [-0.15, -0.1) is 0 Å². The average molecular weight is 227 g/mol. The van der Waals surface area contributed by atoms with E-state index in [1.165, 1.54) is 12.1 Å². The second-order valence-corrected chi connectivity index (χ2v) is 4.05. The molecule has 0 unspecified atom stereocenters. The molecule has 7 nitrogen and oxygen atoms in total. The summed E-state index contributed by atoms with van der Waals surface area (Å²) < 4.78 is 30.1. The van der Waals surface area contributed by atoms with Gasteiger partial charge in [0.05, 0.1) is 0 Å². The molecule has 1 heterocycles. The van der Waals surface area contributed by atoms with Gasteiger partial charge in [0.25, 0.3) is 5.52 Å². The van der Waals surface area contributed by atoms with Gasteiger partial charge in [-0.2, -0.15) is 8.42 Å². The number of fused-ring (bicyclic) bond motifs is 1. The van der Waals surface area contributed by atoms with Gasteiger partial charge in [-0.25, -0.2) is 4.98 Å². The highest BCUT2D eigenvalue weighted by molar-refractivity contribution is 7.85. The predicted molar refractivity (Wildman–Crippen MR) is 48.3 cm³/mol. The number of para-hydroxylation sites is 2. The molecule has 2 aromatic rings. The lowest BCUT2D eigenvalue weighted by molar-refractivity contribution is -0.647. The Morgan fingerprint density at radius 2 is 2.00 bits per heavy atom. The maximum atomic E-state index is 11.2. The molecule has 0 aliphatic rings. The van der Waals surface area contributed by atoms with Crippen LogP contribution in [0.1, 0.15) is 0 Å². The van der Waals surface area contributed by atoms with Crippen LogP contribution in [0.15, 0.2) is 29.4 Å². The molecular formula is C7H5N3O4S. The van der Waals surface area contributed by atoms with Crippen LogP contribution in [0.5, 0.6) is 0 Å². The molecule has 0 aliphatic carbocycles. The predicted octanol–water partition coefficient (Wildman–Crippen LogP) is -0.490. The molecule has 0 saturated heterocycles. The van der Waals surface area contributed by atoms with Crippen molar-refractivity contribution in [3.05, 3.63) is 29.5 Å². The summed E-state index contributed by atoms with van der Waals surface area (Å²) >= 11 is 0. The molecule has 1 N–H and O–H groups in total. The first kappa shape index (κ1) is 9.74. The third-order valence-electron chi connectivity index (χ3n) is 1.71. The van der Waals surface area contributed by atoms with Gasteiger partial charge in [-0.3, -0.25) is 4.55 Å². The molecule has 0 radical (unpaired) electrons. The van der Waals surface area contributed by atoms with E-state index in [4.69, 9.17) is 4.55 Å². The highest BCUT2D eigenvalue weighted by Gasteiger charge is 2.20. The second-order valence-electron chi connectivity index (χ2n) is 2.73. The Balaban J connectivity index is 2.85. The highest BCUT2D eigenvalue weighted by atomic mass is 32.2. The van der Waals surface area contributed by atoms with Crippen molar-refractivity contribution in [3.63, 3.8) is 0 Å². The van der Waals surface area contributed by atoms with Gasteiger partial charge in [0, 0.05) is 11.2 Å². The molecule has 78 valence electrons. The molecule has 0 spiro atoms. The standard InChI is InChI=1S/C7H5N3O4S/c11-10-6-4-2-1-3-5(6)8-7(9-10)15(12,13)14/h1-4H,(H,12,13,14). The lowest BCUT2D eigenvalue weighted by Gasteiger charge is -1.99. The van der Waals surface area contributed by atoms with Crippen molar-refractivity contribution in [2.75, 3.05) is 0 Å². The summed E-state index contributed by atoms with van der Waals surface area (Å²) in [5.74, 6) is 0. The van der Waals surface area contributed by atoms with Crippen molar-refractivity contribution in [2.45, 2.75) is 5.16 Å². The summed E-state index contributed by atoms with van der Waals surface area (Å²) in [6, 6.07) is 6.06. The Bertz CT molecular complexity index is 625. The zero-order valence-electron chi connectivity index (χ0n) is 7.23. The molecule has 0 bridgehead atoms. The summed E-state index contributed by atoms with van der Waals surface area (Å²) in [6.45, 7) is 0. The van der Waals surface area contributed by atoms with E-state index in [2.05, 4.69) is 10.1 Å². The summed E-state index contributed by atoms with van der Waals surface area (Å²) in [5.41, 5.74) is 0.278. The fraction of sp³-hybridized carbons (Fsp3) is 0. The SMILES string of the molecule is O=S(=O)(O)c1nc2ccccc2[n+]([O-])n1. The Hall–Kier alpha value is -1.80. The van der Waals surface area contributed by atoms with Crippen LogP contribution in [0.2, 0.25) is 0 Å². The number of nitrogens with zero attached hydrogens (tertiary/aromatic N) is 3. The average Bonchev–Trinajstić information content (AvgIpc) is 2.16. The van der Waals surface area contributed by atoms with E-state index in [1.54, 1.807) is 12.1 Å². The molecule has 15 heavy (non-hydrogen) atoms. The summed E-state index contributed by atoms with van der Waals surface area (Å²) in [7, 11) is -4.56. The van der Waals surface area contributed by atoms with Crippen LogP contribution >= 0.6 is 0 Å². The fourth-order valence-corrected chi connectivity index (χ4v) is 1.48. The Morgan fingerprint density at radius 3 is 2.67 bits per heavy atom. The normalized spacial score (nSPS) is 11.8. The molecule has 0 atom stereocenters. The van der Waals surface area contributed by atoms with E-state index in [0.717, 1.165) is 0 Å². The van der Waals surface area contributed by atoms with Gasteiger partial charge >= 0.3 is 15.3 Å². The highest BCUT2D eigenvalue weighted by Crippen LogP contribution is 2.07. The van der Waals surface area contributed by atoms with E-state index in [1.807, 2.05) is 0 Å². The van der Waals surface area contributed by atoms with Crippen LogP contribution in [0.4, 0.5) is 0 Å². The van der Waals surface area contributed by atoms with Crippen molar-refractivity contribution in [1.82, 2.24) is 10.1 Å². The quantitative estimate of drug-likeness (QED) is 0.400. The van der Waals surface area contributed by atoms with Crippen molar-refractivity contribution < 1.29 is 17.8 Å². The third kappa shape index (κ3) is 1.72. The van der Waals surface area contributed by atoms with Gasteiger partial charge in [-0.05, 0) is 10.9 Å². The first-order valence-electron chi connectivity index (χ1n) is 3.82. The molecule has 0 amide bonds. The van der Waals surface area contributed by atoms with Crippen molar-refractivity contribution in [3.8, 4) is 0 Å². The molecule has 8 heteroatoms. The monoisotopic (exact) mass is 227 g/mol. The van der Waals surface area contributed by atoms with E-state index in [0.29, 0.717) is 0 Å². The van der Waals surface area contributed by atoms with Crippen LogP contribution in [0.3, 0.4) is 0 Å². The third-order valence-corrected chi connectivity index (χ3v) is 2.35. The first-order chi connectivity index (χ1) is 6.98. The smallest absolute Gasteiger partial charge is 0.341 e. The van der Waals surface area contributed by atoms with E-state index >= 15 is 0 Å². The maximum absolute atomic E-state index is 11.2. The van der Waals surface area contributed by atoms with Gasteiger partial charge in [0.2, 0.25) is 0 Å². The number of benzene rings is 1. The van der Waals surface area contributed by atoms with Crippen molar-refractivity contribution in [2.24, 2.45) is 0 Å². The van der Waals surface area contributed by atoms with Crippen LogP contribution < -0.4 is 4.85 Å². The summed E-state index contributed by atoms with van der Waals surface area (Å²) in [4.78, 5) is 3.64. The topological polar surface area (TPSA) is 107 Å². The minimum Gasteiger partial charge on any atom is -0.594 e. The molecule has 1 aromatic carbocycles. The van der Waals surface area contributed by atoms with Gasteiger partial charge in [0.1, 0.15) is 5.52 Å². The largest absolute Gasteiger partial charge is 0.594 e. The van der Waals surface area contributed by atoms with Crippen LogP contribution in [0.25, 0.3) is 11.0 Å². The fourth-order valence-electron chi connectivity index (χ4n) is 1.09. The molecule has 1 aromatic heterocycles. The molecule has 0 fully saturated rings.